The van der Waals surface area contributed by atoms with Gasteiger partial charge in [-0.1, -0.05) is 23.2 Å². The lowest BCUT2D eigenvalue weighted by Crippen LogP contribution is -2.38. The summed E-state index contributed by atoms with van der Waals surface area (Å²) in [7, 11) is -3.58. The van der Waals surface area contributed by atoms with Gasteiger partial charge in [-0.05, 0) is 65.8 Å². The van der Waals surface area contributed by atoms with E-state index in [0.29, 0.717) is 29.6 Å². The molecule has 2 heterocycles. The Morgan fingerprint density at radius 1 is 1.17 bits per heavy atom. The van der Waals surface area contributed by atoms with Gasteiger partial charge in [-0.3, -0.25) is 0 Å². The molecule has 1 saturated heterocycles. The van der Waals surface area contributed by atoms with Crippen LogP contribution in [0, 0.1) is 6.92 Å². The smallest absolute Gasteiger partial charge is 0.207 e. The highest BCUT2D eigenvalue weighted by Crippen LogP contribution is 2.34. The van der Waals surface area contributed by atoms with Gasteiger partial charge in [0.2, 0.25) is 10.0 Å². The molecule has 0 atom stereocenters. The molecule has 0 N–H and O–H groups in total. The van der Waals surface area contributed by atoms with E-state index in [1.165, 1.54) is 15.9 Å². The van der Waals surface area contributed by atoms with Crippen molar-refractivity contribution in [1.29, 1.82) is 0 Å². The molecule has 0 bridgehead atoms. The average Bonchev–Trinajstić information content (AvgIpc) is 3.05. The van der Waals surface area contributed by atoms with Crippen molar-refractivity contribution in [1.82, 2.24) is 4.31 Å². The molecular weight excluding hydrogens is 373 g/mol. The third-order valence-corrected chi connectivity index (χ3v) is 7.77. The molecule has 1 aliphatic heterocycles. The van der Waals surface area contributed by atoms with Crippen LogP contribution in [0.1, 0.15) is 29.9 Å². The fourth-order valence-electron chi connectivity index (χ4n) is 2.90. The zero-order valence-corrected chi connectivity index (χ0v) is 15.8. The summed E-state index contributed by atoms with van der Waals surface area (Å²) in [6, 6.07) is 5.19. The van der Waals surface area contributed by atoms with Gasteiger partial charge in [0.25, 0.3) is 0 Å². The first kappa shape index (κ1) is 17.2. The first-order chi connectivity index (χ1) is 10.9. The predicted molar refractivity (Wildman–Crippen MR) is 96.3 cm³/mol. The SMILES string of the molecule is Cc1cc(S(=O)(=O)N2CCC(c3ccsc3)CC2)c(Cl)cc1Cl. The van der Waals surface area contributed by atoms with E-state index in [-0.39, 0.29) is 9.92 Å². The lowest BCUT2D eigenvalue weighted by atomic mass is 9.92. The van der Waals surface area contributed by atoms with Gasteiger partial charge >= 0.3 is 0 Å². The van der Waals surface area contributed by atoms with Crippen molar-refractivity contribution in [3.63, 3.8) is 0 Å². The van der Waals surface area contributed by atoms with E-state index in [2.05, 4.69) is 16.8 Å². The van der Waals surface area contributed by atoms with E-state index in [4.69, 9.17) is 23.2 Å². The van der Waals surface area contributed by atoms with Crippen LogP contribution >= 0.6 is 34.5 Å². The van der Waals surface area contributed by atoms with Crippen LogP contribution in [0.25, 0.3) is 0 Å². The summed E-state index contributed by atoms with van der Waals surface area (Å²) in [6.07, 6.45) is 1.67. The van der Waals surface area contributed by atoms with Crippen LogP contribution in [0.4, 0.5) is 0 Å². The molecule has 3 nitrogen and oxygen atoms in total. The van der Waals surface area contributed by atoms with Crippen molar-refractivity contribution < 1.29 is 8.42 Å². The van der Waals surface area contributed by atoms with Gasteiger partial charge in [0, 0.05) is 18.1 Å². The van der Waals surface area contributed by atoms with Crippen molar-refractivity contribution >= 4 is 44.6 Å². The second kappa shape index (κ2) is 6.73. The Morgan fingerprint density at radius 3 is 2.48 bits per heavy atom. The Morgan fingerprint density at radius 2 is 1.87 bits per heavy atom. The zero-order valence-electron chi connectivity index (χ0n) is 12.6. The number of halogens is 2. The minimum Gasteiger partial charge on any atom is -0.207 e. The third kappa shape index (κ3) is 3.44. The molecule has 3 rings (SSSR count). The van der Waals surface area contributed by atoms with Gasteiger partial charge in [-0.25, -0.2) is 8.42 Å². The molecule has 1 aliphatic rings. The summed E-state index contributed by atoms with van der Waals surface area (Å²) < 4.78 is 27.3. The van der Waals surface area contributed by atoms with Crippen molar-refractivity contribution in [3.8, 4) is 0 Å². The number of rotatable bonds is 3. The van der Waals surface area contributed by atoms with Crippen LogP contribution < -0.4 is 0 Å². The number of nitrogens with zero attached hydrogens (tertiary/aromatic N) is 1. The lowest BCUT2D eigenvalue weighted by molar-refractivity contribution is 0.320. The van der Waals surface area contributed by atoms with E-state index in [1.807, 2.05) is 0 Å². The van der Waals surface area contributed by atoms with E-state index in [1.54, 1.807) is 24.3 Å². The molecule has 7 heteroatoms. The number of sulfonamides is 1. The average molecular weight is 390 g/mol. The maximum Gasteiger partial charge on any atom is 0.244 e. The summed E-state index contributed by atoms with van der Waals surface area (Å²) in [5, 5.41) is 4.87. The Kier molecular flexibility index (Phi) is 5.04. The molecule has 0 radical (unpaired) electrons. The minimum atomic E-state index is -3.58. The Labute approximate surface area is 150 Å². The molecule has 124 valence electrons. The molecular formula is C16H17Cl2NO2S2. The quantitative estimate of drug-likeness (QED) is 0.745. The number of piperidine rings is 1. The highest BCUT2D eigenvalue weighted by Gasteiger charge is 2.31. The van der Waals surface area contributed by atoms with Gasteiger partial charge in [-0.15, -0.1) is 0 Å². The normalized spacial score (nSPS) is 17.5. The second-order valence-corrected chi connectivity index (χ2v) is 9.27. The molecule has 0 spiro atoms. The van der Waals surface area contributed by atoms with E-state index >= 15 is 0 Å². The molecule has 1 fully saturated rings. The number of hydrogen-bond donors (Lipinski definition) is 0. The standard InChI is InChI=1S/C16H17Cl2NO2S2/c1-11-8-16(15(18)9-14(11)17)23(20,21)19-5-2-12(3-6-19)13-4-7-22-10-13/h4,7-10,12H,2-3,5-6H2,1H3. The summed E-state index contributed by atoms with van der Waals surface area (Å²) >= 11 is 13.8. The zero-order chi connectivity index (χ0) is 16.6. The van der Waals surface area contributed by atoms with Gasteiger partial charge in [-0.2, -0.15) is 15.6 Å². The van der Waals surface area contributed by atoms with Crippen molar-refractivity contribution in [2.75, 3.05) is 13.1 Å². The number of benzene rings is 1. The van der Waals surface area contributed by atoms with Crippen LogP contribution in [0.2, 0.25) is 10.0 Å². The number of hydrogen-bond acceptors (Lipinski definition) is 3. The first-order valence-corrected chi connectivity index (χ1v) is 10.5. The summed E-state index contributed by atoms with van der Waals surface area (Å²) in [4.78, 5) is 0.148. The van der Waals surface area contributed by atoms with Gasteiger partial charge in [0.15, 0.2) is 0 Å². The molecule has 0 saturated carbocycles. The van der Waals surface area contributed by atoms with Crippen molar-refractivity contribution in [3.05, 3.63) is 50.1 Å². The topological polar surface area (TPSA) is 37.4 Å². The Hall–Kier alpha value is -0.590. The van der Waals surface area contributed by atoms with E-state index in [9.17, 15) is 8.42 Å². The molecule has 2 aromatic rings. The number of thiophene rings is 1. The molecule has 0 aliphatic carbocycles. The number of aryl methyl sites for hydroxylation is 1. The third-order valence-electron chi connectivity index (χ3n) is 4.30. The Balaban J connectivity index is 1.81. The highest BCUT2D eigenvalue weighted by atomic mass is 35.5. The fourth-order valence-corrected chi connectivity index (χ4v) is 5.92. The van der Waals surface area contributed by atoms with Crippen LogP contribution in [0.15, 0.2) is 33.9 Å². The highest BCUT2D eigenvalue weighted by molar-refractivity contribution is 7.89. The van der Waals surface area contributed by atoms with Crippen molar-refractivity contribution in [2.24, 2.45) is 0 Å². The Bertz CT molecular complexity index is 796. The van der Waals surface area contributed by atoms with Crippen LogP contribution in [-0.4, -0.2) is 25.8 Å². The maximum absolute atomic E-state index is 12.9. The van der Waals surface area contributed by atoms with Crippen LogP contribution in [0.5, 0.6) is 0 Å². The van der Waals surface area contributed by atoms with E-state index in [0.717, 1.165) is 12.8 Å². The molecule has 1 aromatic heterocycles. The minimum absolute atomic E-state index is 0.148. The molecule has 1 aromatic carbocycles. The molecule has 0 unspecified atom stereocenters. The lowest BCUT2D eigenvalue weighted by Gasteiger charge is -2.31. The molecule has 23 heavy (non-hydrogen) atoms. The summed E-state index contributed by atoms with van der Waals surface area (Å²) in [5.41, 5.74) is 2.02. The van der Waals surface area contributed by atoms with Crippen LogP contribution in [-0.2, 0) is 10.0 Å². The van der Waals surface area contributed by atoms with E-state index < -0.39 is 10.0 Å². The van der Waals surface area contributed by atoms with Gasteiger partial charge in [0.05, 0.1) is 5.02 Å². The largest absolute Gasteiger partial charge is 0.244 e. The monoisotopic (exact) mass is 389 g/mol. The van der Waals surface area contributed by atoms with Gasteiger partial charge < -0.3 is 0 Å². The summed E-state index contributed by atoms with van der Waals surface area (Å²) in [6.45, 7) is 2.81. The first-order valence-electron chi connectivity index (χ1n) is 7.37. The molecule has 0 amide bonds. The fraction of sp³-hybridized carbons (Fsp3) is 0.375. The van der Waals surface area contributed by atoms with Crippen molar-refractivity contribution in [2.45, 2.75) is 30.6 Å². The van der Waals surface area contributed by atoms with Gasteiger partial charge in [0.1, 0.15) is 4.90 Å². The predicted octanol–water partition coefficient (Wildman–Crippen LogP) is 4.93. The second-order valence-electron chi connectivity index (χ2n) is 5.77. The summed E-state index contributed by atoms with van der Waals surface area (Å²) in [5.74, 6) is 0.440. The van der Waals surface area contributed by atoms with Crippen LogP contribution in [0.3, 0.4) is 0 Å². The maximum atomic E-state index is 12.9.